The molecule has 0 aromatic carbocycles. The summed E-state index contributed by atoms with van der Waals surface area (Å²) in [6.45, 7) is 5.63. The van der Waals surface area contributed by atoms with Gasteiger partial charge in [0.1, 0.15) is 10.3 Å². The van der Waals surface area contributed by atoms with E-state index in [-0.39, 0.29) is 5.92 Å². The van der Waals surface area contributed by atoms with E-state index in [2.05, 4.69) is 10.2 Å². The predicted octanol–water partition coefficient (Wildman–Crippen LogP) is 2.05. The number of hydrogen-bond acceptors (Lipinski definition) is 5. The van der Waals surface area contributed by atoms with Crippen LogP contribution in [0.1, 0.15) is 18.9 Å². The summed E-state index contributed by atoms with van der Waals surface area (Å²) < 4.78 is 0.726. The van der Waals surface area contributed by atoms with Gasteiger partial charge in [0.2, 0.25) is 0 Å². The topological polar surface area (TPSA) is 63.1 Å². The molecule has 0 saturated carbocycles. The summed E-state index contributed by atoms with van der Waals surface area (Å²) in [4.78, 5) is 10.9. The van der Waals surface area contributed by atoms with Gasteiger partial charge in [-0.05, 0) is 12.8 Å². The Labute approximate surface area is 90.7 Å². The highest BCUT2D eigenvalue weighted by molar-refractivity contribution is 8.02. The van der Waals surface area contributed by atoms with Crippen molar-refractivity contribution in [2.45, 2.75) is 30.4 Å². The smallest absolute Gasteiger partial charge is 0.317 e. The van der Waals surface area contributed by atoms with Gasteiger partial charge in [0.25, 0.3) is 0 Å². The molecule has 0 aliphatic heterocycles. The van der Waals surface area contributed by atoms with E-state index in [4.69, 9.17) is 5.11 Å². The average molecular weight is 232 g/mol. The third kappa shape index (κ3) is 2.95. The van der Waals surface area contributed by atoms with E-state index < -0.39 is 11.2 Å². The Hall–Kier alpha value is -0.620. The molecule has 4 nitrogen and oxygen atoms in total. The molecule has 1 rings (SSSR count). The highest BCUT2D eigenvalue weighted by Crippen LogP contribution is 2.30. The van der Waals surface area contributed by atoms with Crippen LogP contribution in [0, 0.1) is 12.8 Å². The van der Waals surface area contributed by atoms with Crippen LogP contribution in [0.4, 0.5) is 0 Å². The van der Waals surface area contributed by atoms with Gasteiger partial charge in [-0.1, -0.05) is 36.9 Å². The van der Waals surface area contributed by atoms with Gasteiger partial charge in [-0.3, -0.25) is 4.79 Å². The Morgan fingerprint density at radius 2 is 2.14 bits per heavy atom. The van der Waals surface area contributed by atoms with Crippen LogP contribution in [0.15, 0.2) is 4.34 Å². The van der Waals surface area contributed by atoms with Gasteiger partial charge >= 0.3 is 5.97 Å². The van der Waals surface area contributed by atoms with E-state index in [0.717, 1.165) is 9.35 Å². The molecule has 0 fully saturated rings. The summed E-state index contributed by atoms with van der Waals surface area (Å²) in [7, 11) is 0. The fourth-order valence-electron chi connectivity index (χ4n) is 0.906. The minimum absolute atomic E-state index is 0.0849. The molecule has 0 radical (unpaired) electrons. The number of carboxylic acids is 1. The van der Waals surface area contributed by atoms with Gasteiger partial charge < -0.3 is 5.11 Å². The Morgan fingerprint density at radius 3 is 2.50 bits per heavy atom. The fraction of sp³-hybridized carbons (Fsp3) is 0.625. The largest absolute Gasteiger partial charge is 0.480 e. The number of carbonyl (C=O) groups is 1. The molecule has 0 amide bonds. The maximum Gasteiger partial charge on any atom is 0.317 e. The van der Waals surface area contributed by atoms with Crippen LogP contribution < -0.4 is 0 Å². The zero-order chi connectivity index (χ0) is 10.7. The van der Waals surface area contributed by atoms with Crippen LogP contribution in [0.3, 0.4) is 0 Å². The summed E-state index contributed by atoms with van der Waals surface area (Å²) in [6, 6.07) is 0. The molecule has 1 heterocycles. The molecule has 0 aliphatic carbocycles. The van der Waals surface area contributed by atoms with E-state index in [1.54, 1.807) is 0 Å². The van der Waals surface area contributed by atoms with Crippen molar-refractivity contribution >= 4 is 29.1 Å². The summed E-state index contributed by atoms with van der Waals surface area (Å²) in [5.41, 5.74) is 0. The molecular formula is C8H12N2O2S2. The second-order valence-corrected chi connectivity index (χ2v) is 5.78. The number of aryl methyl sites for hydroxylation is 1. The van der Waals surface area contributed by atoms with E-state index in [1.807, 2.05) is 20.8 Å². The lowest BCUT2D eigenvalue weighted by atomic mass is 10.1. The molecule has 14 heavy (non-hydrogen) atoms. The van der Waals surface area contributed by atoms with Crippen LogP contribution in [0.25, 0.3) is 0 Å². The summed E-state index contributed by atoms with van der Waals surface area (Å²) in [5.74, 6) is -0.709. The number of aliphatic carboxylic acids is 1. The molecule has 1 atom stereocenters. The van der Waals surface area contributed by atoms with Gasteiger partial charge in [0.05, 0.1) is 0 Å². The van der Waals surface area contributed by atoms with Gasteiger partial charge in [-0.2, -0.15) is 0 Å². The van der Waals surface area contributed by atoms with Crippen LogP contribution in [0.2, 0.25) is 0 Å². The zero-order valence-corrected chi connectivity index (χ0v) is 9.85. The number of nitrogens with zero attached hydrogens (tertiary/aromatic N) is 2. The first kappa shape index (κ1) is 11.5. The quantitative estimate of drug-likeness (QED) is 0.805. The van der Waals surface area contributed by atoms with E-state index in [1.165, 1.54) is 23.1 Å². The molecule has 6 heteroatoms. The Morgan fingerprint density at radius 1 is 1.50 bits per heavy atom. The predicted molar refractivity (Wildman–Crippen MR) is 56.8 cm³/mol. The Bertz CT molecular complexity index is 325. The molecule has 0 spiro atoms. The standard InChI is InChI=1S/C8H12N2O2S2/c1-4(2)6(7(11)12)14-8-10-9-5(3)13-8/h4,6H,1-3H3,(H,11,12). The molecule has 0 aliphatic rings. The molecule has 1 aromatic heterocycles. The van der Waals surface area contributed by atoms with Crippen molar-refractivity contribution in [1.29, 1.82) is 0 Å². The monoisotopic (exact) mass is 232 g/mol. The molecular weight excluding hydrogens is 220 g/mol. The van der Waals surface area contributed by atoms with Crippen molar-refractivity contribution in [1.82, 2.24) is 10.2 Å². The maximum atomic E-state index is 10.9. The number of aromatic nitrogens is 2. The van der Waals surface area contributed by atoms with E-state index in [0.29, 0.717) is 0 Å². The number of thioether (sulfide) groups is 1. The second-order valence-electron chi connectivity index (χ2n) is 3.21. The second kappa shape index (κ2) is 4.75. The molecule has 1 aromatic rings. The first-order chi connectivity index (χ1) is 6.50. The van der Waals surface area contributed by atoms with Crippen molar-refractivity contribution in [2.75, 3.05) is 0 Å². The van der Waals surface area contributed by atoms with Gasteiger partial charge in [-0.15, -0.1) is 10.2 Å². The van der Waals surface area contributed by atoms with Crippen molar-refractivity contribution in [3.63, 3.8) is 0 Å². The minimum atomic E-state index is -0.794. The lowest BCUT2D eigenvalue weighted by Crippen LogP contribution is -2.22. The van der Waals surface area contributed by atoms with Crippen LogP contribution >= 0.6 is 23.1 Å². The first-order valence-electron chi connectivity index (χ1n) is 4.20. The molecule has 1 N–H and O–H groups in total. The normalized spacial score (nSPS) is 13.1. The van der Waals surface area contributed by atoms with E-state index in [9.17, 15) is 4.79 Å². The van der Waals surface area contributed by atoms with Crippen molar-refractivity contribution in [3.05, 3.63) is 5.01 Å². The number of hydrogen-bond donors (Lipinski definition) is 1. The molecule has 1 unspecified atom stereocenters. The zero-order valence-electron chi connectivity index (χ0n) is 8.22. The molecule has 0 saturated heterocycles. The van der Waals surface area contributed by atoms with Gasteiger partial charge in [0.15, 0.2) is 4.34 Å². The lowest BCUT2D eigenvalue weighted by Gasteiger charge is -2.12. The first-order valence-corrected chi connectivity index (χ1v) is 5.90. The summed E-state index contributed by atoms with van der Waals surface area (Å²) in [6.07, 6.45) is 0. The number of carboxylic acid groups (broad SMARTS) is 1. The van der Waals surface area contributed by atoms with Crippen molar-refractivity contribution in [3.8, 4) is 0 Å². The van der Waals surface area contributed by atoms with Gasteiger partial charge in [-0.25, -0.2) is 0 Å². The van der Waals surface area contributed by atoms with Crippen LogP contribution in [-0.2, 0) is 4.79 Å². The Balaban J connectivity index is 2.69. The Kier molecular flexibility index (Phi) is 3.88. The van der Waals surface area contributed by atoms with Crippen LogP contribution in [-0.4, -0.2) is 26.5 Å². The summed E-state index contributed by atoms with van der Waals surface area (Å²) in [5, 5.41) is 17.1. The highest BCUT2D eigenvalue weighted by atomic mass is 32.2. The van der Waals surface area contributed by atoms with Crippen molar-refractivity contribution < 1.29 is 9.90 Å². The average Bonchev–Trinajstić information content (AvgIpc) is 2.46. The van der Waals surface area contributed by atoms with Gasteiger partial charge in [0, 0.05) is 0 Å². The third-order valence-electron chi connectivity index (χ3n) is 1.58. The maximum absolute atomic E-state index is 10.9. The number of rotatable bonds is 4. The third-order valence-corrected chi connectivity index (χ3v) is 4.04. The fourth-order valence-corrected chi connectivity index (χ4v) is 2.87. The van der Waals surface area contributed by atoms with Crippen molar-refractivity contribution in [2.24, 2.45) is 5.92 Å². The SMILES string of the molecule is Cc1nnc(SC(C(=O)O)C(C)C)s1. The van der Waals surface area contributed by atoms with E-state index >= 15 is 0 Å². The molecule has 78 valence electrons. The minimum Gasteiger partial charge on any atom is -0.480 e. The highest BCUT2D eigenvalue weighted by Gasteiger charge is 2.24. The summed E-state index contributed by atoms with van der Waals surface area (Å²) >= 11 is 2.70. The molecule has 0 bridgehead atoms. The lowest BCUT2D eigenvalue weighted by molar-refractivity contribution is -0.137. The van der Waals surface area contributed by atoms with Crippen LogP contribution in [0.5, 0.6) is 0 Å².